The first kappa shape index (κ1) is 60.3. The van der Waals surface area contributed by atoms with Crippen molar-refractivity contribution in [2.45, 2.75) is 78.7 Å². The largest absolute Gasteiger partial charge is 1.00 e. The number of methoxy groups -OCH3 is 4. The molecule has 1 atom stereocenters. The summed E-state index contributed by atoms with van der Waals surface area (Å²) < 4.78 is 18.9. The van der Waals surface area contributed by atoms with Gasteiger partial charge in [-0.1, -0.05) is 97.1 Å². The van der Waals surface area contributed by atoms with Crippen LogP contribution in [0.1, 0.15) is 84.3 Å². The van der Waals surface area contributed by atoms with Crippen molar-refractivity contribution in [2.75, 3.05) is 28.4 Å². The van der Waals surface area contributed by atoms with Crippen LogP contribution < -0.4 is 18.9 Å². The Morgan fingerprint density at radius 1 is 0.635 bits per heavy atom. The number of hydrogen-bond acceptors (Lipinski definition) is 10. The number of unbranched alkanes of at least 4 members (excludes halogenated alkanes) is 1. The molecule has 1 N–H and O–H groups in total. The molecule has 0 bridgehead atoms. The van der Waals surface area contributed by atoms with Gasteiger partial charge in [0.1, 0.15) is 0 Å². The number of rotatable bonds is 9. The third kappa shape index (κ3) is 24.8. The Balaban J connectivity index is -0.000000940. The number of benzene rings is 2. The van der Waals surface area contributed by atoms with Crippen LogP contribution in [0.25, 0.3) is 0 Å². The van der Waals surface area contributed by atoms with Crippen molar-refractivity contribution in [3.8, 4) is 95.2 Å². The van der Waals surface area contributed by atoms with E-state index in [1.165, 1.54) is 34.5 Å². The van der Waals surface area contributed by atoms with Crippen LogP contribution in [0, 0.1) is 113 Å². The number of carbonyl (C=O) groups is 5. The Morgan fingerprint density at radius 3 is 1.29 bits per heavy atom. The Hall–Kier alpha value is -6.97. The van der Waals surface area contributed by atoms with Gasteiger partial charge >= 0.3 is 42.7 Å². The van der Waals surface area contributed by atoms with Crippen molar-refractivity contribution in [2.24, 2.45) is 10.8 Å². The van der Waals surface area contributed by atoms with Crippen molar-refractivity contribution >= 4 is 29.7 Å². The van der Waals surface area contributed by atoms with E-state index in [-0.39, 0.29) is 50.3 Å². The van der Waals surface area contributed by atoms with Crippen LogP contribution in [0.3, 0.4) is 0 Å². The van der Waals surface area contributed by atoms with E-state index in [4.69, 9.17) is 15.9 Å². The first-order chi connectivity index (χ1) is 29.6. The van der Waals surface area contributed by atoms with E-state index < -0.39 is 40.3 Å². The third-order valence-corrected chi connectivity index (χ3v) is 7.50. The molecule has 2 rings (SSSR count). The minimum absolute atomic E-state index is 0. The second-order valence-electron chi connectivity index (χ2n) is 12.4. The summed E-state index contributed by atoms with van der Waals surface area (Å²) in [6, 6.07) is 18.6. The van der Waals surface area contributed by atoms with Crippen molar-refractivity contribution in [1.82, 2.24) is 0 Å². The molecule has 0 aliphatic carbocycles. The predicted molar refractivity (Wildman–Crippen MR) is 239 cm³/mol. The van der Waals surface area contributed by atoms with Crippen molar-refractivity contribution < 1.29 is 66.9 Å². The molecule has 0 heterocycles. The summed E-state index contributed by atoms with van der Waals surface area (Å²) in [7, 11) is 4.68. The molecule has 0 aromatic heterocycles. The fourth-order valence-corrected chi connectivity index (χ4v) is 4.37. The van der Waals surface area contributed by atoms with E-state index in [2.05, 4.69) is 112 Å². The fraction of sp³-hybridized carbons (Fsp3) is 0.346. The molecule has 10 nitrogen and oxygen atoms in total. The summed E-state index contributed by atoms with van der Waals surface area (Å²) in [6.45, 7) is 11.8. The smallest absolute Gasteiger partial charge is 0.468 e. The number of carbonyl (C=O) groups excluding carboxylic acids is 5. The summed E-state index contributed by atoms with van der Waals surface area (Å²) in [5, 5.41) is 10.0. The first-order valence-electron chi connectivity index (χ1n) is 18.8. The molecule has 2 aromatic rings. The Morgan fingerprint density at radius 2 is 1.00 bits per heavy atom. The number of terminal acetylenes is 1. The van der Waals surface area contributed by atoms with Gasteiger partial charge < -0.3 is 31.0 Å². The van der Waals surface area contributed by atoms with Gasteiger partial charge in [-0.2, -0.15) is 6.42 Å². The van der Waals surface area contributed by atoms with Gasteiger partial charge in [0.2, 0.25) is 5.78 Å². The Bertz CT molecular complexity index is 2240. The molecule has 0 radical (unpaired) electrons. The van der Waals surface area contributed by atoms with Gasteiger partial charge in [-0.25, -0.2) is 0 Å². The minimum Gasteiger partial charge on any atom is -0.468 e. The van der Waals surface area contributed by atoms with E-state index in [9.17, 15) is 29.1 Å². The molecule has 322 valence electrons. The van der Waals surface area contributed by atoms with E-state index in [0.29, 0.717) is 0 Å². The standard InChI is InChI=1S/C24H22O5.C19H16O4.C5H6O.C4H9.Li/c1-5-16-23(2,27)17-12-19-24(21(25)28-3,22(26)29-4)18-11-7-10-15-20-13-8-6-9-14-20;1-4-14-19(17(20)22-2,18(21)23-3)15-10-6-9-13-16-11-7-5-8-12-16;1-3-4-5(2)6;1-3-4-2;/h6,8-9,13-14,27H,18-19H2,1-4H3;1,5,7-8,11-12H,14-15H2,2-3H3;1-2H3;1,3-4H2,2H3;/q;;;-1;+1. The molecule has 0 saturated carbocycles. The monoisotopic (exact) mass is 844 g/mol. The summed E-state index contributed by atoms with van der Waals surface area (Å²) in [5.74, 6) is 35.8. The van der Waals surface area contributed by atoms with Crippen LogP contribution in [0.15, 0.2) is 60.7 Å². The topological polar surface area (TPSA) is 143 Å². The zero-order valence-electron chi connectivity index (χ0n) is 37.9. The van der Waals surface area contributed by atoms with E-state index in [1.807, 2.05) is 60.7 Å². The molecule has 0 fully saturated rings. The molecule has 1 unspecified atom stereocenters. The van der Waals surface area contributed by atoms with Crippen LogP contribution in [0.4, 0.5) is 0 Å². The Labute approximate surface area is 386 Å². The van der Waals surface area contributed by atoms with Crippen molar-refractivity contribution in [1.29, 1.82) is 0 Å². The quantitative estimate of drug-likeness (QED) is 0.0763. The zero-order valence-corrected chi connectivity index (χ0v) is 37.9. The third-order valence-electron chi connectivity index (χ3n) is 7.50. The summed E-state index contributed by atoms with van der Waals surface area (Å²) in [6.07, 6.45) is 6.80. The SMILES string of the molecule is C#CCC(CC#CC#Cc1ccccc1)(C(=O)OC)C(=O)OC.CC#CC(C)(O)C#CCC(CC#CC#Cc1ccccc1)(C(=O)OC)C(=O)OC.CC#CC(C)=O.[CH2-]CCC.[Li+]. The van der Waals surface area contributed by atoms with Gasteiger partial charge in [0, 0.05) is 43.7 Å². The predicted octanol–water partition coefficient (Wildman–Crippen LogP) is 2.94. The van der Waals surface area contributed by atoms with Gasteiger partial charge in [0.25, 0.3) is 0 Å². The molecule has 0 aliphatic rings. The second-order valence-corrected chi connectivity index (χ2v) is 12.4. The van der Waals surface area contributed by atoms with Crippen LogP contribution in [0.2, 0.25) is 0 Å². The number of ketones is 1. The average molecular weight is 845 g/mol. The average Bonchev–Trinajstić information content (AvgIpc) is 3.27. The molecule has 11 heteroatoms. The van der Waals surface area contributed by atoms with Crippen molar-refractivity contribution in [3.63, 3.8) is 0 Å². The molecule has 63 heavy (non-hydrogen) atoms. The van der Waals surface area contributed by atoms with Crippen LogP contribution >= 0.6 is 0 Å². The molecule has 0 saturated heterocycles. The number of Topliss-reactive ketones (excluding diaryl/α,β-unsaturated/α-hetero) is 1. The summed E-state index contributed by atoms with van der Waals surface area (Å²) in [4.78, 5) is 58.7. The summed E-state index contributed by atoms with van der Waals surface area (Å²) in [5.41, 5.74) is -3.34. The van der Waals surface area contributed by atoms with Gasteiger partial charge in [-0.05, 0) is 74.6 Å². The molecule has 0 aliphatic heterocycles. The van der Waals surface area contributed by atoms with Crippen LogP contribution in [-0.4, -0.2) is 68.8 Å². The maximum atomic E-state index is 12.4. The number of aliphatic hydroxyl groups is 1. The molecule has 0 amide bonds. The van der Waals surface area contributed by atoms with Gasteiger partial charge in [-0.3, -0.25) is 24.0 Å². The molecular formula is C52H53LiO10. The molecular weight excluding hydrogens is 792 g/mol. The summed E-state index contributed by atoms with van der Waals surface area (Å²) >= 11 is 0. The zero-order chi connectivity index (χ0) is 47.3. The van der Waals surface area contributed by atoms with Gasteiger partial charge in [-0.15, -0.1) is 18.3 Å². The number of hydrogen-bond donors (Lipinski definition) is 1. The molecule has 2 aromatic carbocycles. The second kappa shape index (κ2) is 35.8. The first-order valence-corrected chi connectivity index (χ1v) is 18.8. The van der Waals surface area contributed by atoms with E-state index in [1.54, 1.807) is 13.8 Å². The van der Waals surface area contributed by atoms with Crippen LogP contribution in [-0.2, 0) is 42.9 Å². The fourth-order valence-electron chi connectivity index (χ4n) is 4.37. The maximum absolute atomic E-state index is 12.4. The Kier molecular flexibility index (Phi) is 34.2. The molecule has 0 spiro atoms. The van der Waals surface area contributed by atoms with E-state index >= 15 is 0 Å². The normalized spacial score (nSPS) is 9.62. The minimum atomic E-state index is -1.76. The van der Waals surface area contributed by atoms with Gasteiger partial charge in [0.05, 0.1) is 28.4 Å². The number of esters is 4. The number of ether oxygens (including phenoxy) is 4. The van der Waals surface area contributed by atoms with Gasteiger partial charge in [0.15, 0.2) is 16.4 Å². The van der Waals surface area contributed by atoms with E-state index in [0.717, 1.165) is 31.8 Å². The van der Waals surface area contributed by atoms with Crippen molar-refractivity contribution in [3.05, 3.63) is 78.7 Å². The van der Waals surface area contributed by atoms with Crippen LogP contribution in [0.5, 0.6) is 0 Å². The maximum Gasteiger partial charge on any atom is 1.00 e.